The summed E-state index contributed by atoms with van der Waals surface area (Å²) in [7, 11) is 0. The number of hydrogen-bond acceptors (Lipinski definition) is 3. The molecule has 0 aliphatic heterocycles. The van der Waals surface area contributed by atoms with E-state index in [1.807, 2.05) is 19.9 Å². The minimum absolute atomic E-state index is 0.0693. The van der Waals surface area contributed by atoms with Gasteiger partial charge in [0.15, 0.2) is 0 Å². The van der Waals surface area contributed by atoms with E-state index in [-0.39, 0.29) is 16.7 Å². The van der Waals surface area contributed by atoms with E-state index in [9.17, 15) is 10.1 Å². The molecule has 0 fully saturated rings. The summed E-state index contributed by atoms with van der Waals surface area (Å²) >= 11 is 0. The molecular formula is C13H16N2O2. The Morgan fingerprint density at radius 2 is 2.29 bits per heavy atom. The van der Waals surface area contributed by atoms with Crippen molar-refractivity contribution >= 4 is 11.4 Å². The minimum atomic E-state index is -0.377. The van der Waals surface area contributed by atoms with Gasteiger partial charge in [-0.2, -0.15) is 0 Å². The highest BCUT2D eigenvalue weighted by molar-refractivity contribution is 5.66. The maximum atomic E-state index is 10.9. The van der Waals surface area contributed by atoms with E-state index >= 15 is 0 Å². The van der Waals surface area contributed by atoms with E-state index in [1.54, 1.807) is 6.07 Å². The smallest absolute Gasteiger partial charge is 0.292 e. The van der Waals surface area contributed by atoms with Gasteiger partial charge in [0.1, 0.15) is 5.69 Å². The second-order valence-corrected chi connectivity index (χ2v) is 3.88. The fourth-order valence-corrected chi connectivity index (χ4v) is 1.64. The van der Waals surface area contributed by atoms with Crippen LogP contribution in [0.25, 0.3) is 0 Å². The first-order valence-electron chi connectivity index (χ1n) is 5.54. The van der Waals surface area contributed by atoms with Gasteiger partial charge in [0.2, 0.25) is 0 Å². The third-order valence-electron chi connectivity index (χ3n) is 2.65. The van der Waals surface area contributed by atoms with E-state index in [1.165, 1.54) is 6.07 Å². The number of anilines is 1. The van der Waals surface area contributed by atoms with Gasteiger partial charge < -0.3 is 5.32 Å². The maximum absolute atomic E-state index is 10.9. The molecule has 0 spiro atoms. The van der Waals surface area contributed by atoms with E-state index in [0.29, 0.717) is 12.1 Å². The molecule has 0 aromatic heterocycles. The Bertz CT molecular complexity index is 449. The lowest BCUT2D eigenvalue weighted by molar-refractivity contribution is -0.384. The van der Waals surface area contributed by atoms with Crippen molar-refractivity contribution in [3.8, 4) is 12.3 Å². The monoisotopic (exact) mass is 232 g/mol. The highest BCUT2D eigenvalue weighted by Gasteiger charge is 2.17. The van der Waals surface area contributed by atoms with E-state index < -0.39 is 0 Å². The van der Waals surface area contributed by atoms with Crippen LogP contribution in [0.5, 0.6) is 0 Å². The minimum Gasteiger partial charge on any atom is -0.376 e. The van der Waals surface area contributed by atoms with Gasteiger partial charge in [0.25, 0.3) is 5.69 Å². The van der Waals surface area contributed by atoms with Gasteiger partial charge in [-0.15, -0.1) is 12.3 Å². The molecule has 0 aliphatic carbocycles. The summed E-state index contributed by atoms with van der Waals surface area (Å²) in [6, 6.07) is 5.09. The summed E-state index contributed by atoms with van der Waals surface area (Å²) in [5.74, 6) is 2.57. The Morgan fingerprint density at radius 1 is 1.59 bits per heavy atom. The van der Waals surface area contributed by atoms with Crippen LogP contribution in [0.1, 0.15) is 25.3 Å². The molecule has 0 heterocycles. The van der Waals surface area contributed by atoms with E-state index in [2.05, 4.69) is 11.2 Å². The predicted molar refractivity (Wildman–Crippen MR) is 69.0 cm³/mol. The van der Waals surface area contributed by atoms with Gasteiger partial charge in [-0.1, -0.05) is 19.1 Å². The first-order chi connectivity index (χ1) is 8.10. The highest BCUT2D eigenvalue weighted by atomic mass is 16.6. The fraction of sp³-hybridized carbons (Fsp3) is 0.385. The zero-order chi connectivity index (χ0) is 12.8. The van der Waals surface area contributed by atoms with Crippen molar-refractivity contribution in [3.63, 3.8) is 0 Å². The summed E-state index contributed by atoms with van der Waals surface area (Å²) in [4.78, 5) is 10.5. The van der Waals surface area contributed by atoms with Crippen LogP contribution >= 0.6 is 0 Å². The van der Waals surface area contributed by atoms with Crippen molar-refractivity contribution < 1.29 is 4.92 Å². The number of nitrogens with zero attached hydrogens (tertiary/aromatic N) is 1. The molecule has 0 saturated carbocycles. The maximum Gasteiger partial charge on any atom is 0.292 e. The number of rotatable bonds is 5. The molecule has 1 atom stereocenters. The Kier molecular flexibility index (Phi) is 4.53. The van der Waals surface area contributed by atoms with Crippen LogP contribution in [0.3, 0.4) is 0 Å². The SMILES string of the molecule is C#CCC(CC)Nc1c(C)cccc1[N+](=O)[O-]. The summed E-state index contributed by atoms with van der Waals surface area (Å²) in [5, 5.41) is 14.1. The molecule has 0 radical (unpaired) electrons. The molecule has 0 aliphatic rings. The molecule has 1 aromatic carbocycles. The lowest BCUT2D eigenvalue weighted by atomic mass is 10.1. The largest absolute Gasteiger partial charge is 0.376 e. The number of nitrogens with one attached hydrogen (secondary N) is 1. The lowest BCUT2D eigenvalue weighted by Gasteiger charge is -2.17. The average molecular weight is 232 g/mol. The third-order valence-corrected chi connectivity index (χ3v) is 2.65. The number of nitro benzene ring substituents is 1. The van der Waals surface area contributed by atoms with Crippen LogP contribution in [-0.4, -0.2) is 11.0 Å². The van der Waals surface area contributed by atoms with Crippen LogP contribution in [0, 0.1) is 29.4 Å². The number of terminal acetylenes is 1. The number of benzene rings is 1. The van der Waals surface area contributed by atoms with E-state index in [4.69, 9.17) is 6.42 Å². The Labute approximate surface area is 101 Å². The molecule has 1 unspecified atom stereocenters. The summed E-state index contributed by atoms with van der Waals surface area (Å²) in [6.07, 6.45) is 6.66. The molecule has 17 heavy (non-hydrogen) atoms. The summed E-state index contributed by atoms with van der Waals surface area (Å²) in [5.41, 5.74) is 1.52. The van der Waals surface area contributed by atoms with Crippen molar-refractivity contribution in [2.45, 2.75) is 32.7 Å². The van der Waals surface area contributed by atoms with Gasteiger partial charge in [-0.3, -0.25) is 10.1 Å². The number of hydrogen-bond donors (Lipinski definition) is 1. The third kappa shape index (κ3) is 3.22. The number of nitro groups is 1. The van der Waals surface area contributed by atoms with Gasteiger partial charge in [0, 0.05) is 18.5 Å². The van der Waals surface area contributed by atoms with Crippen molar-refractivity contribution in [3.05, 3.63) is 33.9 Å². The zero-order valence-electron chi connectivity index (χ0n) is 10.1. The molecule has 4 heteroatoms. The summed E-state index contributed by atoms with van der Waals surface area (Å²) < 4.78 is 0. The lowest BCUT2D eigenvalue weighted by Crippen LogP contribution is -2.19. The normalized spacial score (nSPS) is 11.6. The van der Waals surface area contributed by atoms with Crippen LogP contribution in [0.2, 0.25) is 0 Å². The molecule has 90 valence electrons. The molecule has 4 nitrogen and oxygen atoms in total. The molecule has 1 aromatic rings. The van der Waals surface area contributed by atoms with Crippen molar-refractivity contribution in [2.75, 3.05) is 5.32 Å². The van der Waals surface area contributed by atoms with Crippen LogP contribution < -0.4 is 5.32 Å². The fourth-order valence-electron chi connectivity index (χ4n) is 1.64. The average Bonchev–Trinajstić information content (AvgIpc) is 2.30. The van der Waals surface area contributed by atoms with Crippen LogP contribution in [-0.2, 0) is 0 Å². The Balaban J connectivity index is 3.04. The molecule has 0 amide bonds. The van der Waals surface area contributed by atoms with Gasteiger partial charge in [-0.25, -0.2) is 0 Å². The first kappa shape index (κ1) is 13.0. The standard InChI is InChI=1S/C13H16N2O2/c1-4-7-11(5-2)14-13-10(3)8-6-9-12(13)15(16)17/h1,6,8-9,11,14H,5,7H2,2-3H3. The number of aryl methyl sites for hydroxylation is 1. The van der Waals surface area contributed by atoms with Crippen molar-refractivity contribution in [1.29, 1.82) is 0 Å². The highest BCUT2D eigenvalue weighted by Crippen LogP contribution is 2.28. The van der Waals surface area contributed by atoms with Gasteiger partial charge in [-0.05, 0) is 18.9 Å². The Hall–Kier alpha value is -2.02. The van der Waals surface area contributed by atoms with Crippen LogP contribution in [0.4, 0.5) is 11.4 Å². The second kappa shape index (κ2) is 5.90. The van der Waals surface area contributed by atoms with Crippen molar-refractivity contribution in [1.82, 2.24) is 0 Å². The quantitative estimate of drug-likeness (QED) is 0.482. The van der Waals surface area contributed by atoms with Gasteiger partial charge in [0.05, 0.1) is 4.92 Å². The van der Waals surface area contributed by atoms with Crippen molar-refractivity contribution in [2.24, 2.45) is 0 Å². The molecule has 0 bridgehead atoms. The van der Waals surface area contributed by atoms with E-state index in [0.717, 1.165) is 12.0 Å². The molecule has 1 N–H and O–H groups in total. The summed E-state index contributed by atoms with van der Waals surface area (Å²) in [6.45, 7) is 3.84. The number of para-hydroxylation sites is 1. The molecule has 0 saturated heterocycles. The first-order valence-corrected chi connectivity index (χ1v) is 5.54. The topological polar surface area (TPSA) is 55.2 Å². The van der Waals surface area contributed by atoms with Gasteiger partial charge >= 0.3 is 0 Å². The molecule has 1 rings (SSSR count). The Morgan fingerprint density at radius 3 is 2.82 bits per heavy atom. The molecular weight excluding hydrogens is 216 g/mol. The zero-order valence-corrected chi connectivity index (χ0v) is 10.1. The second-order valence-electron chi connectivity index (χ2n) is 3.88. The predicted octanol–water partition coefficient (Wildman–Crippen LogP) is 3.12. The van der Waals surface area contributed by atoms with Crippen LogP contribution in [0.15, 0.2) is 18.2 Å².